The van der Waals surface area contributed by atoms with E-state index in [1.54, 1.807) is 7.05 Å². The molecule has 14 heavy (non-hydrogen) atoms. The first kappa shape index (κ1) is 12.8. The Hall–Kier alpha value is -1.18. The maximum atomic E-state index is 10.8. The second kappa shape index (κ2) is 6.30. The third-order valence-electron chi connectivity index (χ3n) is 1.39. The van der Waals surface area contributed by atoms with Gasteiger partial charge in [-0.15, -0.1) is 0 Å². The minimum Gasteiger partial charge on any atom is -0.479 e. The highest BCUT2D eigenvalue weighted by atomic mass is 16.6. The Bertz CT molecular complexity index is 206. The van der Waals surface area contributed by atoms with E-state index < -0.39 is 24.1 Å². The fourth-order valence-electron chi connectivity index (χ4n) is 0.603. The van der Waals surface area contributed by atoms with Gasteiger partial charge in [0.1, 0.15) is 6.61 Å². The Balaban J connectivity index is 3.92. The third-order valence-corrected chi connectivity index (χ3v) is 1.39. The predicted molar refractivity (Wildman–Crippen MR) is 44.5 cm³/mol. The highest BCUT2D eigenvalue weighted by molar-refractivity contribution is 5.84. The molecule has 7 nitrogen and oxygen atoms in total. The summed E-state index contributed by atoms with van der Waals surface area (Å²) < 4.78 is 4.44. The van der Waals surface area contributed by atoms with Crippen LogP contribution in [-0.2, 0) is 14.3 Å². The number of aliphatic carboxylic acids is 1. The molecule has 0 bridgehead atoms. The fourth-order valence-corrected chi connectivity index (χ4v) is 0.603. The molecule has 0 aromatic rings. The van der Waals surface area contributed by atoms with Crippen molar-refractivity contribution in [2.24, 2.45) is 0 Å². The zero-order valence-electron chi connectivity index (χ0n) is 7.64. The molecule has 7 heteroatoms. The van der Waals surface area contributed by atoms with Gasteiger partial charge in [0, 0.05) is 6.54 Å². The van der Waals surface area contributed by atoms with Gasteiger partial charge in [0.05, 0.1) is 0 Å². The van der Waals surface area contributed by atoms with E-state index in [-0.39, 0.29) is 6.61 Å². The summed E-state index contributed by atoms with van der Waals surface area (Å²) in [6.45, 7) is 0.375. The maximum Gasteiger partial charge on any atom is 0.338 e. The van der Waals surface area contributed by atoms with Crippen molar-refractivity contribution in [1.29, 1.82) is 0 Å². The van der Waals surface area contributed by atoms with Crippen molar-refractivity contribution in [3.63, 3.8) is 0 Å². The third kappa shape index (κ3) is 4.17. The zero-order valence-corrected chi connectivity index (χ0v) is 7.64. The topological polar surface area (TPSA) is 116 Å². The van der Waals surface area contributed by atoms with Gasteiger partial charge in [0.15, 0.2) is 12.2 Å². The van der Waals surface area contributed by atoms with Gasteiger partial charge in [-0.3, -0.25) is 0 Å². The molecular weight excluding hydrogens is 194 g/mol. The van der Waals surface area contributed by atoms with Gasteiger partial charge in [-0.1, -0.05) is 0 Å². The van der Waals surface area contributed by atoms with E-state index in [1.807, 2.05) is 0 Å². The number of hydrogen-bond donors (Lipinski definition) is 4. The van der Waals surface area contributed by atoms with Crippen LogP contribution in [0.5, 0.6) is 0 Å². The van der Waals surface area contributed by atoms with Gasteiger partial charge in [-0.25, -0.2) is 9.59 Å². The number of carbonyl (C=O) groups is 2. The summed E-state index contributed by atoms with van der Waals surface area (Å²) in [5.74, 6) is -2.83. The number of likely N-dealkylation sites (N-methyl/N-ethyl adjacent to an activating group) is 1. The van der Waals surface area contributed by atoms with E-state index in [1.165, 1.54) is 0 Å². The predicted octanol–water partition coefficient (Wildman–Crippen LogP) is -2.44. The van der Waals surface area contributed by atoms with Crippen LogP contribution in [0, 0.1) is 0 Å². The lowest BCUT2D eigenvalue weighted by molar-refractivity contribution is -0.169. The molecule has 0 aliphatic rings. The van der Waals surface area contributed by atoms with Crippen molar-refractivity contribution in [2.45, 2.75) is 12.2 Å². The Morgan fingerprint density at radius 1 is 1.36 bits per heavy atom. The first-order valence-electron chi connectivity index (χ1n) is 3.91. The number of aliphatic hydroxyl groups is 2. The summed E-state index contributed by atoms with van der Waals surface area (Å²) in [6.07, 6.45) is -4.21. The lowest BCUT2D eigenvalue weighted by Gasteiger charge is -2.12. The Kier molecular flexibility index (Phi) is 5.77. The largest absolute Gasteiger partial charge is 0.479 e. The number of aliphatic hydroxyl groups excluding tert-OH is 2. The molecule has 0 amide bonds. The standard InChI is InChI=1S/C7H13NO6/c1-8-2-3-14-7(13)5(10)4(9)6(11)12/h4-5,8-10H,2-3H2,1H3,(H,11,12). The molecule has 0 radical (unpaired) electrons. The Morgan fingerprint density at radius 2 is 1.93 bits per heavy atom. The molecule has 0 aliphatic carbocycles. The maximum absolute atomic E-state index is 10.8. The van der Waals surface area contributed by atoms with Gasteiger partial charge in [0.2, 0.25) is 0 Å². The lowest BCUT2D eigenvalue weighted by Crippen LogP contribution is -2.41. The monoisotopic (exact) mass is 207 g/mol. The number of carboxylic acids is 1. The second-order valence-electron chi connectivity index (χ2n) is 2.50. The lowest BCUT2D eigenvalue weighted by atomic mass is 10.2. The van der Waals surface area contributed by atoms with Crippen LogP contribution in [0.3, 0.4) is 0 Å². The summed E-state index contributed by atoms with van der Waals surface area (Å²) in [6, 6.07) is 0. The number of hydrogen-bond acceptors (Lipinski definition) is 6. The molecule has 2 atom stereocenters. The van der Waals surface area contributed by atoms with Gasteiger partial charge in [0.25, 0.3) is 0 Å². The number of rotatable bonds is 6. The number of ether oxygens (including phenoxy) is 1. The summed E-state index contributed by atoms with van der Waals surface area (Å²) in [4.78, 5) is 21.0. The molecule has 0 fully saturated rings. The van der Waals surface area contributed by atoms with Crippen LogP contribution >= 0.6 is 0 Å². The first-order chi connectivity index (χ1) is 6.50. The molecule has 0 saturated heterocycles. The average molecular weight is 207 g/mol. The van der Waals surface area contributed by atoms with Crippen LogP contribution in [0.25, 0.3) is 0 Å². The molecular formula is C7H13NO6. The molecule has 0 aromatic carbocycles. The number of esters is 1. The van der Waals surface area contributed by atoms with Crippen LogP contribution in [0.4, 0.5) is 0 Å². The van der Waals surface area contributed by atoms with Gasteiger partial charge in [-0.05, 0) is 7.05 Å². The van der Waals surface area contributed by atoms with E-state index in [0.29, 0.717) is 6.54 Å². The van der Waals surface area contributed by atoms with Crippen molar-refractivity contribution >= 4 is 11.9 Å². The van der Waals surface area contributed by atoms with E-state index in [0.717, 1.165) is 0 Å². The van der Waals surface area contributed by atoms with E-state index >= 15 is 0 Å². The molecule has 0 rings (SSSR count). The molecule has 4 N–H and O–H groups in total. The van der Waals surface area contributed by atoms with Crippen molar-refractivity contribution < 1.29 is 29.6 Å². The van der Waals surface area contributed by atoms with Crippen molar-refractivity contribution in [3.05, 3.63) is 0 Å². The van der Waals surface area contributed by atoms with E-state index in [4.69, 9.17) is 15.3 Å². The smallest absolute Gasteiger partial charge is 0.338 e. The van der Waals surface area contributed by atoms with Crippen molar-refractivity contribution in [2.75, 3.05) is 20.2 Å². The summed E-state index contributed by atoms with van der Waals surface area (Å²) >= 11 is 0. The highest BCUT2D eigenvalue weighted by Gasteiger charge is 2.31. The average Bonchev–Trinajstić information content (AvgIpc) is 2.15. The van der Waals surface area contributed by atoms with E-state index in [2.05, 4.69) is 10.1 Å². The minimum atomic E-state index is -2.16. The molecule has 0 aromatic heterocycles. The molecule has 0 spiro atoms. The molecule has 82 valence electrons. The first-order valence-corrected chi connectivity index (χ1v) is 3.91. The number of carboxylic acid groups (broad SMARTS) is 1. The zero-order chi connectivity index (χ0) is 11.1. The Labute approximate surface area is 80.3 Å². The normalized spacial score (nSPS) is 14.5. The van der Waals surface area contributed by atoms with E-state index in [9.17, 15) is 9.59 Å². The van der Waals surface area contributed by atoms with Gasteiger partial charge < -0.3 is 25.4 Å². The number of nitrogens with one attached hydrogen (secondary N) is 1. The van der Waals surface area contributed by atoms with Crippen LogP contribution < -0.4 is 5.32 Å². The minimum absolute atomic E-state index is 0.00126. The van der Waals surface area contributed by atoms with Gasteiger partial charge >= 0.3 is 11.9 Å². The molecule has 0 heterocycles. The fraction of sp³-hybridized carbons (Fsp3) is 0.714. The van der Waals surface area contributed by atoms with Crippen LogP contribution in [0.2, 0.25) is 0 Å². The number of carbonyl (C=O) groups excluding carboxylic acids is 1. The second-order valence-corrected chi connectivity index (χ2v) is 2.50. The van der Waals surface area contributed by atoms with Crippen LogP contribution in [-0.4, -0.2) is 59.7 Å². The van der Waals surface area contributed by atoms with Crippen molar-refractivity contribution in [3.8, 4) is 0 Å². The SMILES string of the molecule is CNCCOC(=O)C(O)C(O)C(=O)O. The van der Waals surface area contributed by atoms with Gasteiger partial charge in [-0.2, -0.15) is 0 Å². The molecule has 2 unspecified atom stereocenters. The summed E-state index contributed by atoms with van der Waals surface area (Å²) in [7, 11) is 1.64. The molecule has 0 saturated carbocycles. The quantitative estimate of drug-likeness (QED) is 0.282. The van der Waals surface area contributed by atoms with Crippen LogP contribution in [0.1, 0.15) is 0 Å². The van der Waals surface area contributed by atoms with Crippen molar-refractivity contribution in [1.82, 2.24) is 5.32 Å². The highest BCUT2D eigenvalue weighted by Crippen LogP contribution is 1.96. The summed E-state index contributed by atoms with van der Waals surface area (Å²) in [5, 5.41) is 28.6. The molecule has 0 aliphatic heterocycles. The van der Waals surface area contributed by atoms with Crippen LogP contribution in [0.15, 0.2) is 0 Å². The summed E-state index contributed by atoms with van der Waals surface area (Å²) in [5.41, 5.74) is 0. The Morgan fingerprint density at radius 3 is 2.36 bits per heavy atom.